The Labute approximate surface area is 141 Å². The molecule has 2 aromatic carbocycles. The van der Waals surface area contributed by atoms with Gasteiger partial charge in [0.15, 0.2) is 0 Å². The molecule has 0 aliphatic carbocycles. The van der Waals surface area contributed by atoms with Crippen LogP contribution in [0.25, 0.3) is 6.08 Å². The van der Waals surface area contributed by atoms with Gasteiger partial charge in [-0.3, -0.25) is 10.1 Å². The van der Waals surface area contributed by atoms with Crippen LogP contribution in [0.4, 0.5) is 5.69 Å². The normalized spacial score (nSPS) is 14.7. The van der Waals surface area contributed by atoms with Crippen LogP contribution in [0.2, 0.25) is 0 Å². The van der Waals surface area contributed by atoms with Gasteiger partial charge in [0.1, 0.15) is 17.1 Å². The maximum atomic E-state index is 11.1. The predicted molar refractivity (Wildman–Crippen MR) is 91.1 cm³/mol. The number of benzene rings is 2. The molecule has 5 nitrogen and oxygen atoms in total. The molecule has 0 N–H and O–H groups in total. The van der Waals surface area contributed by atoms with Crippen molar-refractivity contribution in [3.8, 4) is 17.2 Å². The molecule has 0 amide bonds. The fourth-order valence-electron chi connectivity index (χ4n) is 2.29. The Morgan fingerprint density at radius 1 is 1.17 bits per heavy atom. The van der Waals surface area contributed by atoms with E-state index in [0.29, 0.717) is 10.2 Å². The monoisotopic (exact) mass is 375 g/mol. The summed E-state index contributed by atoms with van der Waals surface area (Å²) in [5.74, 6) is 1.42. The third kappa shape index (κ3) is 3.07. The molecule has 1 aliphatic rings. The molecule has 6 heteroatoms. The highest BCUT2D eigenvalue weighted by atomic mass is 79.9. The molecule has 0 aromatic heterocycles. The van der Waals surface area contributed by atoms with Crippen molar-refractivity contribution in [2.75, 3.05) is 0 Å². The first-order valence-electron chi connectivity index (χ1n) is 6.99. The van der Waals surface area contributed by atoms with E-state index in [1.54, 1.807) is 30.3 Å². The van der Waals surface area contributed by atoms with E-state index in [1.165, 1.54) is 6.07 Å². The highest BCUT2D eigenvalue weighted by Gasteiger charge is 2.25. The van der Waals surface area contributed by atoms with Gasteiger partial charge in [0.25, 0.3) is 0 Å². The van der Waals surface area contributed by atoms with E-state index in [-0.39, 0.29) is 17.0 Å². The van der Waals surface area contributed by atoms with Crippen LogP contribution in [-0.4, -0.2) is 10.5 Å². The molecule has 0 spiro atoms. The lowest BCUT2D eigenvalue weighted by atomic mass is 10.0. The number of nitrogens with zero attached hydrogens (tertiary/aromatic N) is 1. The van der Waals surface area contributed by atoms with Crippen molar-refractivity contribution in [2.24, 2.45) is 0 Å². The molecule has 1 heterocycles. The maximum Gasteiger partial charge on any atom is 0.311 e. The minimum absolute atomic E-state index is 0.0787. The zero-order chi connectivity index (χ0) is 16.6. The van der Waals surface area contributed by atoms with Crippen LogP contribution < -0.4 is 9.47 Å². The average Bonchev–Trinajstić information content (AvgIpc) is 2.49. The van der Waals surface area contributed by atoms with Gasteiger partial charge in [-0.2, -0.15) is 0 Å². The summed E-state index contributed by atoms with van der Waals surface area (Å²) in [5.41, 5.74) is 0.401. The summed E-state index contributed by atoms with van der Waals surface area (Å²) >= 11 is 3.50. The van der Waals surface area contributed by atoms with Crippen LogP contribution in [0.5, 0.6) is 17.2 Å². The number of halogens is 1. The maximum absolute atomic E-state index is 11.1. The smallest absolute Gasteiger partial charge is 0.311 e. The highest BCUT2D eigenvalue weighted by molar-refractivity contribution is 9.10. The van der Waals surface area contributed by atoms with E-state index in [2.05, 4.69) is 15.9 Å². The number of nitro groups is 1. The number of ether oxygens (including phenoxy) is 2. The standard InChI is InChI=1S/C17H14BrNO4/c1-17(2)10-9-11-13(23-17)7-8-15(16(11)18)22-14-6-4-3-5-12(14)19(20)21/h3-10H,1-2H3. The summed E-state index contributed by atoms with van der Waals surface area (Å²) in [6.07, 6.45) is 3.91. The fourth-order valence-corrected chi connectivity index (χ4v) is 2.83. The molecule has 0 fully saturated rings. The molecule has 0 radical (unpaired) electrons. The predicted octanol–water partition coefficient (Wildman–Crippen LogP) is 5.33. The molecule has 0 atom stereocenters. The van der Waals surface area contributed by atoms with E-state index in [4.69, 9.17) is 9.47 Å². The van der Waals surface area contributed by atoms with Crippen molar-refractivity contribution in [1.29, 1.82) is 0 Å². The van der Waals surface area contributed by atoms with Crippen LogP contribution in [0.1, 0.15) is 19.4 Å². The molecule has 0 saturated heterocycles. The summed E-state index contributed by atoms with van der Waals surface area (Å²) in [6, 6.07) is 9.81. The molecule has 0 unspecified atom stereocenters. The zero-order valence-electron chi connectivity index (χ0n) is 12.6. The van der Waals surface area contributed by atoms with Crippen molar-refractivity contribution in [3.05, 3.63) is 62.6 Å². The largest absolute Gasteiger partial charge is 0.483 e. The molecule has 0 saturated carbocycles. The van der Waals surface area contributed by atoms with Gasteiger partial charge in [0, 0.05) is 11.6 Å². The lowest BCUT2D eigenvalue weighted by Gasteiger charge is -2.28. The highest BCUT2D eigenvalue weighted by Crippen LogP contribution is 2.43. The average molecular weight is 376 g/mol. The van der Waals surface area contributed by atoms with Crippen molar-refractivity contribution < 1.29 is 14.4 Å². The van der Waals surface area contributed by atoms with Crippen LogP contribution >= 0.6 is 15.9 Å². The second-order valence-electron chi connectivity index (χ2n) is 5.66. The van der Waals surface area contributed by atoms with Gasteiger partial charge in [-0.05, 0) is 54.1 Å². The van der Waals surface area contributed by atoms with E-state index >= 15 is 0 Å². The summed E-state index contributed by atoms with van der Waals surface area (Å²) in [4.78, 5) is 10.6. The minimum Gasteiger partial charge on any atom is -0.483 e. The summed E-state index contributed by atoms with van der Waals surface area (Å²) < 4.78 is 12.3. The molecular weight excluding hydrogens is 362 g/mol. The number of hydrogen-bond acceptors (Lipinski definition) is 4. The summed E-state index contributed by atoms with van der Waals surface area (Å²) in [5, 5.41) is 11.1. The molecule has 23 heavy (non-hydrogen) atoms. The van der Waals surface area contributed by atoms with Crippen molar-refractivity contribution in [3.63, 3.8) is 0 Å². The molecular formula is C17H14BrNO4. The van der Waals surface area contributed by atoms with Gasteiger partial charge in [-0.1, -0.05) is 18.2 Å². The SMILES string of the molecule is CC1(C)C=Cc2c(ccc(Oc3ccccc3[N+](=O)[O-])c2Br)O1. The Bertz CT molecular complexity index is 814. The van der Waals surface area contributed by atoms with Gasteiger partial charge in [0.05, 0.1) is 9.40 Å². The lowest BCUT2D eigenvalue weighted by Crippen LogP contribution is -2.27. The third-order valence-corrected chi connectivity index (χ3v) is 4.23. The Morgan fingerprint density at radius 2 is 1.91 bits per heavy atom. The lowest BCUT2D eigenvalue weighted by molar-refractivity contribution is -0.385. The van der Waals surface area contributed by atoms with Gasteiger partial charge < -0.3 is 9.47 Å². The van der Waals surface area contributed by atoms with Gasteiger partial charge in [-0.25, -0.2) is 0 Å². The number of hydrogen-bond donors (Lipinski definition) is 0. The number of para-hydroxylation sites is 2. The topological polar surface area (TPSA) is 61.6 Å². The van der Waals surface area contributed by atoms with Crippen molar-refractivity contribution in [2.45, 2.75) is 19.4 Å². The van der Waals surface area contributed by atoms with E-state index in [9.17, 15) is 10.1 Å². The molecule has 0 bridgehead atoms. The minimum atomic E-state index is -0.465. The van der Waals surface area contributed by atoms with Gasteiger partial charge in [0.2, 0.25) is 5.75 Å². The van der Waals surface area contributed by atoms with Gasteiger partial charge in [-0.15, -0.1) is 0 Å². The van der Waals surface area contributed by atoms with Crippen LogP contribution in [0, 0.1) is 10.1 Å². The van der Waals surface area contributed by atoms with E-state index < -0.39 is 4.92 Å². The van der Waals surface area contributed by atoms with E-state index in [1.807, 2.05) is 26.0 Å². The fraction of sp³-hybridized carbons (Fsp3) is 0.176. The molecule has 118 valence electrons. The van der Waals surface area contributed by atoms with Crippen LogP contribution in [-0.2, 0) is 0 Å². The second kappa shape index (κ2) is 5.70. The van der Waals surface area contributed by atoms with Crippen LogP contribution in [0.3, 0.4) is 0 Å². The first-order chi connectivity index (χ1) is 10.9. The number of rotatable bonds is 3. The number of nitro benzene ring substituents is 1. The van der Waals surface area contributed by atoms with Crippen LogP contribution in [0.15, 0.2) is 46.9 Å². The van der Waals surface area contributed by atoms with E-state index in [0.717, 1.165) is 11.3 Å². The zero-order valence-corrected chi connectivity index (χ0v) is 14.2. The molecule has 1 aliphatic heterocycles. The molecule has 3 rings (SSSR count). The summed E-state index contributed by atoms with van der Waals surface area (Å²) in [6.45, 7) is 3.94. The third-order valence-electron chi connectivity index (χ3n) is 3.41. The summed E-state index contributed by atoms with van der Waals surface area (Å²) in [7, 11) is 0. The first kappa shape index (κ1) is 15.6. The second-order valence-corrected chi connectivity index (χ2v) is 6.45. The van der Waals surface area contributed by atoms with Crippen molar-refractivity contribution >= 4 is 27.7 Å². The Kier molecular flexibility index (Phi) is 3.85. The Hall–Kier alpha value is -2.34. The Balaban J connectivity index is 1.99. The van der Waals surface area contributed by atoms with Gasteiger partial charge >= 0.3 is 5.69 Å². The first-order valence-corrected chi connectivity index (χ1v) is 7.79. The van der Waals surface area contributed by atoms with Crippen molar-refractivity contribution in [1.82, 2.24) is 0 Å². The molecule has 2 aromatic rings. The Morgan fingerprint density at radius 3 is 2.65 bits per heavy atom. The number of fused-ring (bicyclic) bond motifs is 1. The quantitative estimate of drug-likeness (QED) is 0.536.